The molecule has 0 saturated carbocycles. The average molecular weight is 200 g/mol. The van der Waals surface area contributed by atoms with Crippen LogP contribution in [-0.4, -0.2) is 23.1 Å². The summed E-state index contributed by atoms with van der Waals surface area (Å²) in [6.07, 6.45) is 4.52. The van der Waals surface area contributed by atoms with Gasteiger partial charge in [0.05, 0.1) is 0 Å². The third-order valence-electron chi connectivity index (χ3n) is 5.60. The van der Waals surface area contributed by atoms with Gasteiger partial charge in [0.2, 0.25) is 0 Å². The molecular formula is C12H25P. The van der Waals surface area contributed by atoms with Gasteiger partial charge in [-0.15, -0.1) is 0 Å². The Morgan fingerprint density at radius 3 is 2.54 bits per heavy atom. The molecule has 1 heteroatoms. The first kappa shape index (κ1) is 9.97. The van der Waals surface area contributed by atoms with Crippen molar-refractivity contribution in [3.05, 3.63) is 0 Å². The Bertz CT molecular complexity index is 225. The summed E-state index contributed by atoms with van der Waals surface area (Å²) in [5.74, 6) is 0.997. The third kappa shape index (κ3) is 1.02. The number of hydrogen-bond donors (Lipinski definition) is 0. The van der Waals surface area contributed by atoms with Crippen LogP contribution >= 0.6 is 7.26 Å². The zero-order chi connectivity index (χ0) is 9.85. The summed E-state index contributed by atoms with van der Waals surface area (Å²) in [6.45, 7) is 12.7. The van der Waals surface area contributed by atoms with Crippen LogP contribution in [0.3, 0.4) is 0 Å². The maximum absolute atomic E-state index is 2.68. The summed E-state index contributed by atoms with van der Waals surface area (Å²) in [5.41, 5.74) is 2.24. The van der Waals surface area contributed by atoms with E-state index in [-0.39, 0.29) is 0 Å². The summed E-state index contributed by atoms with van der Waals surface area (Å²) in [5, 5.41) is 0.832. The van der Waals surface area contributed by atoms with Crippen molar-refractivity contribution in [2.75, 3.05) is 6.66 Å². The molecule has 4 unspecified atom stereocenters. The van der Waals surface area contributed by atoms with Crippen LogP contribution in [0.2, 0.25) is 0 Å². The van der Waals surface area contributed by atoms with Gasteiger partial charge in [-0.05, 0) is 0 Å². The zero-order valence-corrected chi connectivity index (χ0v) is 10.9. The molecular weight excluding hydrogens is 175 g/mol. The number of fused-ring (bicyclic) bond motifs is 1. The fourth-order valence-corrected chi connectivity index (χ4v) is 12.2. The summed E-state index contributed by atoms with van der Waals surface area (Å²) < 4.78 is 0. The SMILES string of the molecule is CCC1C2(C)CC(C)CC(C)[PH]12C. The van der Waals surface area contributed by atoms with E-state index < -0.39 is 7.26 Å². The third-order valence-corrected chi connectivity index (χ3v) is 13.1. The van der Waals surface area contributed by atoms with E-state index in [1.165, 1.54) is 12.8 Å². The van der Waals surface area contributed by atoms with Gasteiger partial charge in [-0.25, -0.2) is 0 Å². The monoisotopic (exact) mass is 200 g/mol. The molecule has 2 aliphatic heterocycles. The molecule has 4 atom stereocenters. The van der Waals surface area contributed by atoms with Gasteiger partial charge in [0.25, 0.3) is 0 Å². The first-order valence-electron chi connectivity index (χ1n) is 5.96. The predicted molar refractivity (Wildman–Crippen MR) is 64.6 cm³/mol. The molecule has 0 N–H and O–H groups in total. The molecule has 0 aliphatic carbocycles. The Hall–Kier alpha value is 0.430. The van der Waals surface area contributed by atoms with E-state index >= 15 is 0 Å². The van der Waals surface area contributed by atoms with E-state index in [9.17, 15) is 0 Å². The Labute approximate surface area is 83.8 Å². The zero-order valence-electron chi connectivity index (χ0n) is 9.85. The molecule has 2 heterocycles. The molecule has 78 valence electrons. The molecule has 2 fully saturated rings. The van der Waals surface area contributed by atoms with Crippen molar-refractivity contribution in [3.8, 4) is 0 Å². The Balaban J connectivity index is 2.25. The standard InChI is InChI=1S/C12H25P/c1-6-11-12(4)8-9(2)7-10(3)13(11,12)5/h9-11,13H,6-8H2,1-5H3. The minimum absolute atomic E-state index is 0.823. The van der Waals surface area contributed by atoms with Gasteiger partial charge in [0.15, 0.2) is 0 Å². The molecule has 0 aromatic rings. The Kier molecular flexibility index (Phi) is 2.09. The van der Waals surface area contributed by atoms with Crippen LogP contribution in [-0.2, 0) is 0 Å². The van der Waals surface area contributed by atoms with Gasteiger partial charge >= 0.3 is 83.3 Å². The van der Waals surface area contributed by atoms with Gasteiger partial charge in [0.1, 0.15) is 0 Å². The van der Waals surface area contributed by atoms with Crippen molar-refractivity contribution in [1.82, 2.24) is 0 Å². The molecule has 2 aliphatic rings. The van der Waals surface area contributed by atoms with Crippen LogP contribution in [0.5, 0.6) is 0 Å². The topological polar surface area (TPSA) is 0 Å². The Morgan fingerprint density at radius 1 is 1.38 bits per heavy atom. The first-order valence-corrected chi connectivity index (χ1v) is 8.62. The van der Waals surface area contributed by atoms with E-state index in [1.54, 1.807) is 6.42 Å². The van der Waals surface area contributed by atoms with Crippen molar-refractivity contribution in [2.24, 2.45) is 5.92 Å². The molecule has 0 amide bonds. The van der Waals surface area contributed by atoms with Crippen LogP contribution in [0, 0.1) is 5.92 Å². The molecule has 0 bridgehead atoms. The number of rotatable bonds is 1. The summed E-state index contributed by atoms with van der Waals surface area (Å²) in [6, 6.07) is 0. The van der Waals surface area contributed by atoms with Crippen molar-refractivity contribution in [2.45, 2.75) is 63.4 Å². The van der Waals surface area contributed by atoms with E-state index in [0.29, 0.717) is 0 Å². The quantitative estimate of drug-likeness (QED) is 0.566. The molecule has 0 aromatic heterocycles. The molecule has 0 nitrogen and oxygen atoms in total. The maximum atomic E-state index is 2.68. The molecule has 13 heavy (non-hydrogen) atoms. The van der Waals surface area contributed by atoms with Crippen LogP contribution < -0.4 is 0 Å². The average Bonchev–Trinajstić information content (AvgIpc) is 2.49. The van der Waals surface area contributed by atoms with Gasteiger partial charge in [-0.1, -0.05) is 0 Å². The van der Waals surface area contributed by atoms with E-state index in [4.69, 9.17) is 0 Å². The van der Waals surface area contributed by atoms with Crippen molar-refractivity contribution in [1.29, 1.82) is 0 Å². The second-order valence-electron chi connectivity index (χ2n) is 6.11. The number of hydrogen-bond acceptors (Lipinski definition) is 0. The van der Waals surface area contributed by atoms with Gasteiger partial charge in [0, 0.05) is 0 Å². The van der Waals surface area contributed by atoms with Gasteiger partial charge in [-0.3, -0.25) is 0 Å². The van der Waals surface area contributed by atoms with Crippen LogP contribution in [0.4, 0.5) is 0 Å². The molecule has 0 aromatic carbocycles. The van der Waals surface area contributed by atoms with Crippen molar-refractivity contribution >= 4 is 7.26 Å². The Morgan fingerprint density at radius 2 is 2.00 bits per heavy atom. The fourth-order valence-electron chi connectivity index (χ4n) is 4.82. The van der Waals surface area contributed by atoms with Crippen LogP contribution in [0.25, 0.3) is 0 Å². The second-order valence-corrected chi connectivity index (χ2v) is 11.5. The summed E-state index contributed by atoms with van der Waals surface area (Å²) in [7, 11) is -0.823. The molecule has 0 spiro atoms. The molecule has 0 radical (unpaired) electrons. The van der Waals surface area contributed by atoms with Crippen LogP contribution in [0.15, 0.2) is 0 Å². The first-order chi connectivity index (χ1) is 5.96. The normalized spacial score (nSPS) is 55.3. The van der Waals surface area contributed by atoms with Crippen LogP contribution in [0.1, 0.15) is 47.0 Å². The van der Waals surface area contributed by atoms with Gasteiger partial charge in [-0.2, -0.15) is 0 Å². The van der Waals surface area contributed by atoms with Crippen molar-refractivity contribution < 1.29 is 0 Å². The van der Waals surface area contributed by atoms with E-state index in [2.05, 4.69) is 34.4 Å². The summed E-state index contributed by atoms with van der Waals surface area (Å²) >= 11 is 0. The second kappa shape index (κ2) is 2.72. The van der Waals surface area contributed by atoms with E-state index in [1.807, 2.05) is 0 Å². The predicted octanol–water partition coefficient (Wildman–Crippen LogP) is 3.74. The van der Waals surface area contributed by atoms with E-state index in [0.717, 1.165) is 22.4 Å². The van der Waals surface area contributed by atoms with Gasteiger partial charge < -0.3 is 0 Å². The minimum atomic E-state index is -0.823. The van der Waals surface area contributed by atoms with Crippen molar-refractivity contribution in [3.63, 3.8) is 0 Å². The molecule has 2 saturated heterocycles. The fraction of sp³-hybridized carbons (Fsp3) is 1.00. The molecule has 2 rings (SSSR count). The summed E-state index contributed by atoms with van der Waals surface area (Å²) in [4.78, 5) is 0.